The molecular formula is C13H10ClF3N2O3S. The van der Waals surface area contributed by atoms with E-state index in [0.29, 0.717) is 15.3 Å². The number of halogens is 4. The van der Waals surface area contributed by atoms with E-state index in [9.17, 15) is 28.4 Å². The van der Waals surface area contributed by atoms with Crippen molar-refractivity contribution in [2.75, 3.05) is 11.9 Å². The number of hydrogen-bond acceptors (Lipinski definition) is 5. The standard InChI is InChI=1S/C13H10ClF3N2O3S/c14-12-4-3-11(23-12)10(20)6-18-7-1-2-9(19(21)22)8(5-7)13(15,16)17/h1-5,10,18,20H,6H2. The lowest BCUT2D eigenvalue weighted by molar-refractivity contribution is -0.388. The highest BCUT2D eigenvalue weighted by Gasteiger charge is 2.38. The molecule has 0 aliphatic rings. The third-order valence-corrected chi connectivity index (χ3v) is 4.25. The number of nitrogens with one attached hydrogen (secondary N) is 1. The molecular weight excluding hydrogens is 357 g/mol. The first-order valence-corrected chi connectivity index (χ1v) is 7.40. The summed E-state index contributed by atoms with van der Waals surface area (Å²) in [4.78, 5) is 10.1. The zero-order valence-electron chi connectivity index (χ0n) is 11.3. The number of nitro groups is 1. The first-order chi connectivity index (χ1) is 10.7. The molecule has 1 unspecified atom stereocenters. The Labute approximate surface area is 137 Å². The lowest BCUT2D eigenvalue weighted by atomic mass is 10.1. The van der Waals surface area contributed by atoms with Gasteiger partial charge in [-0.2, -0.15) is 13.2 Å². The molecule has 2 N–H and O–H groups in total. The zero-order valence-corrected chi connectivity index (χ0v) is 12.9. The summed E-state index contributed by atoms with van der Waals surface area (Å²) in [6.07, 6.45) is -5.81. The number of nitrogens with zero attached hydrogens (tertiary/aromatic N) is 1. The summed E-state index contributed by atoms with van der Waals surface area (Å²) in [6.45, 7) is -0.0635. The van der Waals surface area contributed by atoms with Gasteiger partial charge in [-0.15, -0.1) is 11.3 Å². The van der Waals surface area contributed by atoms with Crippen LogP contribution in [0.3, 0.4) is 0 Å². The molecule has 0 saturated carbocycles. The van der Waals surface area contributed by atoms with E-state index < -0.39 is 28.5 Å². The van der Waals surface area contributed by atoms with Crippen LogP contribution in [-0.4, -0.2) is 16.6 Å². The van der Waals surface area contributed by atoms with Crippen molar-refractivity contribution in [2.45, 2.75) is 12.3 Å². The molecule has 1 aromatic carbocycles. The predicted octanol–water partition coefficient (Wildman–Crippen LogP) is 4.47. The van der Waals surface area contributed by atoms with E-state index in [1.807, 2.05) is 0 Å². The molecule has 0 aliphatic carbocycles. The van der Waals surface area contributed by atoms with E-state index in [4.69, 9.17) is 11.6 Å². The van der Waals surface area contributed by atoms with E-state index in [0.717, 1.165) is 23.5 Å². The van der Waals surface area contributed by atoms with Crippen LogP contribution in [0.5, 0.6) is 0 Å². The second-order valence-corrected chi connectivity index (χ2v) is 6.27. The molecule has 1 atom stereocenters. The van der Waals surface area contributed by atoms with Crippen LogP contribution >= 0.6 is 22.9 Å². The number of anilines is 1. The molecule has 0 radical (unpaired) electrons. The maximum Gasteiger partial charge on any atom is 0.423 e. The number of hydrogen-bond donors (Lipinski definition) is 2. The number of nitro benzene ring substituents is 1. The van der Waals surface area contributed by atoms with E-state index >= 15 is 0 Å². The molecule has 10 heteroatoms. The zero-order chi connectivity index (χ0) is 17.2. The third-order valence-electron chi connectivity index (χ3n) is 2.92. The van der Waals surface area contributed by atoms with Crippen LogP contribution in [0.15, 0.2) is 30.3 Å². The fourth-order valence-corrected chi connectivity index (χ4v) is 2.90. The Morgan fingerprint density at radius 2 is 2.04 bits per heavy atom. The molecule has 0 spiro atoms. The molecule has 124 valence electrons. The SMILES string of the molecule is O=[N+]([O-])c1ccc(NCC(O)c2ccc(Cl)s2)cc1C(F)(F)F. The molecule has 0 amide bonds. The Bertz CT molecular complexity index is 721. The molecule has 23 heavy (non-hydrogen) atoms. The van der Waals surface area contributed by atoms with Crippen molar-refractivity contribution in [1.29, 1.82) is 0 Å². The Morgan fingerprint density at radius 3 is 2.57 bits per heavy atom. The highest BCUT2D eigenvalue weighted by atomic mass is 35.5. The lowest BCUT2D eigenvalue weighted by Gasteiger charge is -2.13. The summed E-state index contributed by atoms with van der Waals surface area (Å²) in [5, 5.41) is 23.2. The van der Waals surface area contributed by atoms with Gasteiger partial charge in [-0.3, -0.25) is 10.1 Å². The lowest BCUT2D eigenvalue weighted by Crippen LogP contribution is -2.13. The molecule has 2 aromatic rings. The predicted molar refractivity (Wildman–Crippen MR) is 80.9 cm³/mol. The Morgan fingerprint density at radius 1 is 1.35 bits per heavy atom. The van der Waals surface area contributed by atoms with Gasteiger partial charge in [0.05, 0.1) is 9.26 Å². The number of alkyl halides is 3. The third kappa shape index (κ3) is 4.34. The fourth-order valence-electron chi connectivity index (χ4n) is 1.85. The summed E-state index contributed by atoms with van der Waals surface area (Å²) in [5.74, 6) is 0. The van der Waals surface area contributed by atoms with Crippen molar-refractivity contribution in [3.8, 4) is 0 Å². The molecule has 1 heterocycles. The van der Waals surface area contributed by atoms with Crippen molar-refractivity contribution in [1.82, 2.24) is 0 Å². The highest BCUT2D eigenvalue weighted by molar-refractivity contribution is 7.16. The largest absolute Gasteiger partial charge is 0.423 e. The van der Waals surface area contributed by atoms with Crippen LogP contribution in [0.4, 0.5) is 24.5 Å². The van der Waals surface area contributed by atoms with Gasteiger partial charge in [0, 0.05) is 23.2 Å². The van der Waals surface area contributed by atoms with Gasteiger partial charge in [-0.05, 0) is 24.3 Å². The summed E-state index contributed by atoms with van der Waals surface area (Å²) < 4.78 is 39.1. The van der Waals surface area contributed by atoms with Gasteiger partial charge in [0.2, 0.25) is 0 Å². The van der Waals surface area contributed by atoms with Gasteiger partial charge in [0.1, 0.15) is 11.7 Å². The van der Waals surface area contributed by atoms with E-state index in [2.05, 4.69) is 5.32 Å². The maximum absolute atomic E-state index is 12.9. The highest BCUT2D eigenvalue weighted by Crippen LogP contribution is 2.37. The molecule has 5 nitrogen and oxygen atoms in total. The van der Waals surface area contributed by atoms with E-state index in [-0.39, 0.29) is 12.2 Å². The average Bonchev–Trinajstić information content (AvgIpc) is 2.90. The molecule has 0 bridgehead atoms. The van der Waals surface area contributed by atoms with Gasteiger partial charge in [0.25, 0.3) is 5.69 Å². The minimum absolute atomic E-state index is 0.0182. The summed E-state index contributed by atoms with van der Waals surface area (Å²) in [5.41, 5.74) is -2.35. The number of thiophene rings is 1. The Hall–Kier alpha value is -1.84. The summed E-state index contributed by atoms with van der Waals surface area (Å²) in [7, 11) is 0. The molecule has 0 saturated heterocycles. The molecule has 0 aliphatic heterocycles. The smallest absolute Gasteiger partial charge is 0.386 e. The minimum atomic E-state index is -4.85. The molecule has 1 aromatic heterocycles. The van der Waals surface area contributed by atoms with Crippen LogP contribution in [0.1, 0.15) is 16.5 Å². The van der Waals surface area contributed by atoms with Crippen LogP contribution in [0.25, 0.3) is 0 Å². The van der Waals surface area contributed by atoms with Gasteiger partial charge >= 0.3 is 6.18 Å². The van der Waals surface area contributed by atoms with E-state index in [1.165, 1.54) is 0 Å². The summed E-state index contributed by atoms with van der Waals surface area (Å²) >= 11 is 6.89. The second-order valence-electron chi connectivity index (χ2n) is 4.53. The average molecular weight is 367 g/mol. The first kappa shape index (κ1) is 17.5. The van der Waals surface area contributed by atoms with Crippen molar-refractivity contribution in [2.24, 2.45) is 0 Å². The van der Waals surface area contributed by atoms with Crippen molar-refractivity contribution in [3.63, 3.8) is 0 Å². The molecule has 2 rings (SSSR count). The second kappa shape index (κ2) is 6.73. The van der Waals surface area contributed by atoms with Crippen molar-refractivity contribution in [3.05, 3.63) is 55.2 Å². The van der Waals surface area contributed by atoms with Crippen LogP contribution in [0, 0.1) is 10.1 Å². The van der Waals surface area contributed by atoms with E-state index in [1.54, 1.807) is 12.1 Å². The van der Waals surface area contributed by atoms with Crippen LogP contribution < -0.4 is 5.32 Å². The normalized spacial score (nSPS) is 12.9. The van der Waals surface area contributed by atoms with Crippen molar-refractivity contribution >= 4 is 34.3 Å². The Kier molecular flexibility index (Phi) is 5.12. The first-order valence-electron chi connectivity index (χ1n) is 6.21. The van der Waals surface area contributed by atoms with Crippen molar-refractivity contribution < 1.29 is 23.2 Å². The van der Waals surface area contributed by atoms with Crippen LogP contribution in [-0.2, 0) is 6.18 Å². The van der Waals surface area contributed by atoms with Gasteiger partial charge in [-0.1, -0.05) is 11.6 Å². The number of aliphatic hydroxyl groups excluding tert-OH is 1. The quantitative estimate of drug-likeness (QED) is 0.604. The topological polar surface area (TPSA) is 75.4 Å². The maximum atomic E-state index is 12.9. The Balaban J connectivity index is 2.16. The molecule has 0 fully saturated rings. The van der Waals surface area contributed by atoms with Gasteiger partial charge in [-0.25, -0.2) is 0 Å². The van der Waals surface area contributed by atoms with Gasteiger partial charge < -0.3 is 10.4 Å². The number of rotatable bonds is 5. The number of aliphatic hydroxyl groups is 1. The minimum Gasteiger partial charge on any atom is -0.386 e. The summed E-state index contributed by atoms with van der Waals surface area (Å²) in [6, 6.07) is 5.78. The van der Waals surface area contributed by atoms with Crippen LogP contribution in [0.2, 0.25) is 4.34 Å². The fraction of sp³-hybridized carbons (Fsp3) is 0.231. The number of benzene rings is 1. The monoisotopic (exact) mass is 366 g/mol. The van der Waals surface area contributed by atoms with Gasteiger partial charge in [0.15, 0.2) is 0 Å².